The SMILES string of the molecule is CCCC(C)(N)C(=O)NCCC(OCC)C(C)C. The van der Waals surface area contributed by atoms with E-state index in [1.54, 1.807) is 6.92 Å². The lowest BCUT2D eigenvalue weighted by molar-refractivity contribution is -0.126. The van der Waals surface area contributed by atoms with Crippen molar-refractivity contribution >= 4 is 5.91 Å². The number of ether oxygens (including phenoxy) is 1. The van der Waals surface area contributed by atoms with Crippen LogP contribution in [0.4, 0.5) is 0 Å². The second-order valence-electron chi connectivity index (χ2n) is 5.45. The van der Waals surface area contributed by atoms with E-state index < -0.39 is 5.54 Å². The Morgan fingerprint density at radius 2 is 2.00 bits per heavy atom. The molecule has 0 aromatic rings. The van der Waals surface area contributed by atoms with Crippen LogP contribution >= 0.6 is 0 Å². The van der Waals surface area contributed by atoms with Gasteiger partial charge in [0.1, 0.15) is 0 Å². The minimum absolute atomic E-state index is 0.0663. The fourth-order valence-corrected chi connectivity index (χ4v) is 1.99. The van der Waals surface area contributed by atoms with E-state index in [1.165, 1.54) is 0 Å². The van der Waals surface area contributed by atoms with E-state index in [9.17, 15) is 4.79 Å². The molecule has 0 fully saturated rings. The molecule has 108 valence electrons. The molecule has 0 spiro atoms. The number of nitrogens with one attached hydrogen (secondary N) is 1. The zero-order valence-corrected chi connectivity index (χ0v) is 12.6. The van der Waals surface area contributed by atoms with Crippen LogP contribution in [0, 0.1) is 5.92 Å². The minimum Gasteiger partial charge on any atom is -0.378 e. The molecule has 1 amide bonds. The summed E-state index contributed by atoms with van der Waals surface area (Å²) in [4.78, 5) is 11.9. The number of nitrogens with two attached hydrogens (primary N) is 1. The van der Waals surface area contributed by atoms with E-state index >= 15 is 0 Å². The Morgan fingerprint density at radius 3 is 2.44 bits per heavy atom. The molecule has 4 heteroatoms. The minimum atomic E-state index is -0.756. The Hall–Kier alpha value is -0.610. The highest BCUT2D eigenvalue weighted by Crippen LogP contribution is 2.11. The van der Waals surface area contributed by atoms with Crippen molar-refractivity contribution in [3.63, 3.8) is 0 Å². The van der Waals surface area contributed by atoms with Gasteiger partial charge in [-0.25, -0.2) is 0 Å². The summed E-state index contributed by atoms with van der Waals surface area (Å²) < 4.78 is 5.64. The van der Waals surface area contributed by atoms with Crippen LogP contribution in [-0.2, 0) is 9.53 Å². The lowest BCUT2D eigenvalue weighted by atomic mass is 9.96. The van der Waals surface area contributed by atoms with Crippen molar-refractivity contribution in [3.05, 3.63) is 0 Å². The first-order valence-electron chi connectivity index (χ1n) is 7.03. The Morgan fingerprint density at radius 1 is 1.39 bits per heavy atom. The molecule has 0 heterocycles. The topological polar surface area (TPSA) is 64.4 Å². The fraction of sp³-hybridized carbons (Fsp3) is 0.929. The van der Waals surface area contributed by atoms with E-state index in [1.807, 2.05) is 13.8 Å². The third-order valence-corrected chi connectivity index (χ3v) is 3.13. The van der Waals surface area contributed by atoms with Gasteiger partial charge < -0.3 is 15.8 Å². The van der Waals surface area contributed by atoms with Crippen LogP contribution in [0.25, 0.3) is 0 Å². The average molecular weight is 258 g/mol. The second-order valence-corrected chi connectivity index (χ2v) is 5.45. The van der Waals surface area contributed by atoms with Gasteiger partial charge in [0.25, 0.3) is 0 Å². The Kier molecular flexibility index (Phi) is 8.20. The number of hydrogen-bond acceptors (Lipinski definition) is 3. The van der Waals surface area contributed by atoms with Crippen LogP contribution in [-0.4, -0.2) is 30.7 Å². The van der Waals surface area contributed by atoms with Gasteiger partial charge in [0.15, 0.2) is 0 Å². The molecule has 2 atom stereocenters. The van der Waals surface area contributed by atoms with E-state index in [0.29, 0.717) is 25.5 Å². The van der Waals surface area contributed by atoms with Gasteiger partial charge in [0.05, 0.1) is 11.6 Å². The molecule has 0 aliphatic heterocycles. The summed E-state index contributed by atoms with van der Waals surface area (Å²) in [5, 5.41) is 2.91. The number of hydrogen-bond donors (Lipinski definition) is 2. The maximum Gasteiger partial charge on any atom is 0.239 e. The van der Waals surface area contributed by atoms with Gasteiger partial charge in [0.2, 0.25) is 5.91 Å². The van der Waals surface area contributed by atoms with Crippen LogP contribution < -0.4 is 11.1 Å². The van der Waals surface area contributed by atoms with Crippen molar-refractivity contribution in [1.82, 2.24) is 5.32 Å². The zero-order valence-electron chi connectivity index (χ0n) is 12.6. The molecule has 0 saturated carbocycles. The summed E-state index contributed by atoms with van der Waals surface area (Å²) in [5.41, 5.74) is 5.21. The van der Waals surface area contributed by atoms with Crippen molar-refractivity contribution in [2.75, 3.05) is 13.2 Å². The molecule has 0 saturated heterocycles. The normalized spacial score (nSPS) is 16.4. The van der Waals surface area contributed by atoms with Gasteiger partial charge >= 0.3 is 0 Å². The molecule has 3 N–H and O–H groups in total. The molecular weight excluding hydrogens is 228 g/mol. The summed E-state index contributed by atoms with van der Waals surface area (Å²) in [7, 11) is 0. The van der Waals surface area contributed by atoms with Crippen molar-refractivity contribution in [3.8, 4) is 0 Å². The highest BCUT2D eigenvalue weighted by molar-refractivity contribution is 5.85. The molecule has 0 rings (SSSR count). The van der Waals surface area contributed by atoms with E-state index in [2.05, 4.69) is 19.2 Å². The van der Waals surface area contributed by atoms with Crippen LogP contribution in [0.2, 0.25) is 0 Å². The summed E-state index contributed by atoms with van der Waals surface area (Å²) in [5.74, 6) is 0.394. The molecule has 0 bridgehead atoms. The predicted molar refractivity (Wildman–Crippen MR) is 75.4 cm³/mol. The third-order valence-electron chi connectivity index (χ3n) is 3.13. The molecule has 0 aromatic heterocycles. The van der Waals surface area contributed by atoms with Crippen molar-refractivity contribution in [2.24, 2.45) is 11.7 Å². The lowest BCUT2D eigenvalue weighted by Crippen LogP contribution is -2.52. The lowest BCUT2D eigenvalue weighted by Gasteiger charge is -2.25. The number of amides is 1. The smallest absolute Gasteiger partial charge is 0.239 e. The summed E-state index contributed by atoms with van der Waals surface area (Å²) >= 11 is 0. The maximum absolute atomic E-state index is 11.9. The molecule has 4 nitrogen and oxygen atoms in total. The van der Waals surface area contributed by atoms with Crippen LogP contribution in [0.1, 0.15) is 53.9 Å². The van der Waals surface area contributed by atoms with Crippen molar-refractivity contribution < 1.29 is 9.53 Å². The van der Waals surface area contributed by atoms with Crippen molar-refractivity contribution in [1.29, 1.82) is 0 Å². The van der Waals surface area contributed by atoms with Gasteiger partial charge in [-0.2, -0.15) is 0 Å². The first-order valence-corrected chi connectivity index (χ1v) is 7.03. The number of rotatable bonds is 9. The second kappa shape index (κ2) is 8.48. The average Bonchev–Trinajstić information content (AvgIpc) is 2.27. The predicted octanol–water partition coefficient (Wildman–Crippen LogP) is 2.07. The summed E-state index contributed by atoms with van der Waals surface area (Å²) in [6.45, 7) is 11.4. The number of carbonyl (C=O) groups excluding carboxylic acids is 1. The first-order chi connectivity index (χ1) is 8.35. The van der Waals surface area contributed by atoms with Gasteiger partial charge in [-0.05, 0) is 32.6 Å². The Labute approximate surface area is 112 Å². The first kappa shape index (κ1) is 17.4. The van der Waals surface area contributed by atoms with E-state index in [-0.39, 0.29) is 12.0 Å². The molecule has 0 aliphatic rings. The van der Waals surface area contributed by atoms with Crippen LogP contribution in [0.15, 0.2) is 0 Å². The molecule has 0 aliphatic carbocycles. The zero-order chi connectivity index (χ0) is 14.2. The van der Waals surface area contributed by atoms with Gasteiger partial charge in [0, 0.05) is 13.2 Å². The molecule has 0 radical (unpaired) electrons. The summed E-state index contributed by atoms with van der Waals surface area (Å²) in [6.07, 6.45) is 2.65. The molecular formula is C14H30N2O2. The standard InChI is InChI=1S/C14H30N2O2/c1-6-9-14(5,15)13(17)16-10-8-12(11(3)4)18-7-2/h11-12H,6-10,15H2,1-5H3,(H,16,17). The van der Waals surface area contributed by atoms with Gasteiger partial charge in [-0.3, -0.25) is 4.79 Å². The largest absolute Gasteiger partial charge is 0.378 e. The Balaban J connectivity index is 4.05. The van der Waals surface area contributed by atoms with E-state index in [0.717, 1.165) is 12.8 Å². The Bertz CT molecular complexity index is 240. The van der Waals surface area contributed by atoms with Crippen LogP contribution in [0.5, 0.6) is 0 Å². The fourth-order valence-electron chi connectivity index (χ4n) is 1.99. The molecule has 2 unspecified atom stereocenters. The quantitative estimate of drug-likeness (QED) is 0.665. The van der Waals surface area contributed by atoms with Crippen LogP contribution in [0.3, 0.4) is 0 Å². The maximum atomic E-state index is 11.9. The third kappa shape index (κ3) is 6.36. The summed E-state index contributed by atoms with van der Waals surface area (Å²) in [6, 6.07) is 0. The monoisotopic (exact) mass is 258 g/mol. The molecule has 0 aromatic carbocycles. The number of carbonyl (C=O) groups is 1. The van der Waals surface area contributed by atoms with Gasteiger partial charge in [-0.1, -0.05) is 27.2 Å². The van der Waals surface area contributed by atoms with Gasteiger partial charge in [-0.15, -0.1) is 0 Å². The highest BCUT2D eigenvalue weighted by atomic mass is 16.5. The molecule has 18 heavy (non-hydrogen) atoms. The van der Waals surface area contributed by atoms with Crippen molar-refractivity contribution in [2.45, 2.75) is 65.5 Å². The highest BCUT2D eigenvalue weighted by Gasteiger charge is 2.26. The van der Waals surface area contributed by atoms with E-state index in [4.69, 9.17) is 10.5 Å².